The Hall–Kier alpha value is -3.02. The molecule has 1 heterocycles. The molecule has 3 aromatic carbocycles. The summed E-state index contributed by atoms with van der Waals surface area (Å²) in [4.78, 5) is 27.1. The predicted octanol–water partition coefficient (Wildman–Crippen LogP) is 7.46. The Morgan fingerprint density at radius 1 is 1.03 bits per heavy atom. The molecule has 0 bridgehead atoms. The minimum absolute atomic E-state index is 0.104. The topological polar surface area (TPSA) is 55.4 Å². The van der Waals surface area contributed by atoms with Crippen molar-refractivity contribution >= 4 is 40.8 Å². The van der Waals surface area contributed by atoms with Crippen molar-refractivity contribution in [3.05, 3.63) is 100 Å². The van der Waals surface area contributed by atoms with Crippen molar-refractivity contribution in [2.24, 2.45) is 5.41 Å². The van der Waals surface area contributed by atoms with E-state index in [0.717, 1.165) is 33.8 Å². The highest BCUT2D eigenvalue weighted by Crippen LogP contribution is 2.52. The largest absolute Gasteiger partial charge is 0.423 e. The molecule has 0 spiro atoms. The molecule has 1 aliphatic heterocycles. The van der Waals surface area contributed by atoms with Gasteiger partial charge in [-0.15, -0.1) is 11.8 Å². The van der Waals surface area contributed by atoms with E-state index in [9.17, 15) is 9.59 Å². The van der Waals surface area contributed by atoms with Crippen LogP contribution >= 0.6 is 23.4 Å². The molecule has 0 aromatic heterocycles. The highest BCUT2D eigenvalue weighted by molar-refractivity contribution is 8.00. The maximum Gasteiger partial charge on any atom is 0.343 e. The van der Waals surface area contributed by atoms with Gasteiger partial charge in [-0.1, -0.05) is 49.7 Å². The number of ketones is 1. The fourth-order valence-electron chi connectivity index (χ4n) is 4.50. The molecular formula is C28H24ClNO3S. The van der Waals surface area contributed by atoms with Gasteiger partial charge in [0.25, 0.3) is 0 Å². The molecule has 0 unspecified atom stereocenters. The number of hydrogen-bond acceptors (Lipinski definition) is 5. The summed E-state index contributed by atoms with van der Waals surface area (Å²) >= 11 is 7.58. The zero-order valence-electron chi connectivity index (χ0n) is 18.9. The number of carbonyl (C=O) groups excluding carboxylic acids is 2. The lowest BCUT2D eigenvalue weighted by atomic mass is 9.74. The number of carbonyl (C=O) groups is 2. The Kier molecular flexibility index (Phi) is 6.00. The van der Waals surface area contributed by atoms with Crippen molar-refractivity contribution < 1.29 is 14.3 Å². The second-order valence-corrected chi connectivity index (χ2v) is 11.0. The molecule has 4 nitrogen and oxygen atoms in total. The third-order valence-corrected chi connectivity index (χ3v) is 7.66. The lowest BCUT2D eigenvalue weighted by molar-refractivity contribution is -0.118. The second-order valence-electron chi connectivity index (χ2n) is 9.42. The van der Waals surface area contributed by atoms with Crippen LogP contribution in [0.1, 0.15) is 47.9 Å². The van der Waals surface area contributed by atoms with E-state index in [0.29, 0.717) is 22.8 Å². The molecule has 0 saturated carbocycles. The van der Waals surface area contributed by atoms with Gasteiger partial charge >= 0.3 is 5.97 Å². The zero-order valence-corrected chi connectivity index (χ0v) is 20.5. The molecule has 0 saturated heterocycles. The van der Waals surface area contributed by atoms with Gasteiger partial charge in [0.1, 0.15) is 5.75 Å². The number of rotatable bonds is 3. The molecular weight excluding hydrogens is 466 g/mol. The van der Waals surface area contributed by atoms with Gasteiger partial charge in [0.05, 0.1) is 16.5 Å². The summed E-state index contributed by atoms with van der Waals surface area (Å²) in [6.45, 7) is 4.26. The normalized spacial score (nSPS) is 18.9. The molecule has 2 aliphatic rings. The fourth-order valence-corrected chi connectivity index (χ4v) is 5.96. The van der Waals surface area contributed by atoms with Crippen LogP contribution in [-0.4, -0.2) is 11.8 Å². The second kappa shape index (κ2) is 8.97. The van der Waals surface area contributed by atoms with Crippen molar-refractivity contribution in [3.8, 4) is 5.75 Å². The minimum Gasteiger partial charge on any atom is -0.423 e. The molecule has 3 aromatic rings. The highest BCUT2D eigenvalue weighted by Gasteiger charge is 2.39. The van der Waals surface area contributed by atoms with Gasteiger partial charge in [-0.2, -0.15) is 0 Å². The number of nitrogens with one attached hydrogen (secondary N) is 1. The molecule has 1 aliphatic carbocycles. The van der Waals surface area contributed by atoms with Gasteiger partial charge in [-0.25, -0.2) is 4.79 Å². The number of anilines is 1. The van der Waals surface area contributed by atoms with Crippen molar-refractivity contribution in [1.82, 2.24) is 0 Å². The van der Waals surface area contributed by atoms with Crippen molar-refractivity contribution in [3.63, 3.8) is 0 Å². The number of halogens is 1. The predicted molar refractivity (Wildman–Crippen MR) is 137 cm³/mol. The van der Waals surface area contributed by atoms with Crippen LogP contribution in [0.3, 0.4) is 0 Å². The monoisotopic (exact) mass is 489 g/mol. The summed E-state index contributed by atoms with van der Waals surface area (Å²) in [6.07, 6.45) is 1.30. The van der Waals surface area contributed by atoms with Crippen LogP contribution in [0.2, 0.25) is 5.02 Å². The fraction of sp³-hybridized carbons (Fsp3) is 0.214. The molecule has 5 rings (SSSR count). The number of thioether (sulfide) groups is 1. The van der Waals surface area contributed by atoms with Crippen molar-refractivity contribution in [2.45, 2.75) is 36.8 Å². The quantitative estimate of drug-likeness (QED) is 0.305. The maximum absolute atomic E-state index is 13.4. The molecule has 1 N–H and O–H groups in total. The van der Waals surface area contributed by atoms with Crippen molar-refractivity contribution in [1.29, 1.82) is 0 Å². The minimum atomic E-state index is -0.454. The summed E-state index contributed by atoms with van der Waals surface area (Å²) < 4.78 is 5.66. The number of ether oxygens (including phenoxy) is 1. The number of Topliss-reactive ketones (excluding diaryl/α,β-unsaturated/α-hetero) is 1. The van der Waals surface area contributed by atoms with Crippen LogP contribution in [0.15, 0.2) is 89.0 Å². The van der Waals surface area contributed by atoms with Gasteiger partial charge < -0.3 is 10.1 Å². The Morgan fingerprint density at radius 3 is 2.59 bits per heavy atom. The Balaban J connectivity index is 1.52. The third kappa shape index (κ3) is 4.63. The Morgan fingerprint density at radius 2 is 1.79 bits per heavy atom. The van der Waals surface area contributed by atoms with Crippen LogP contribution in [-0.2, 0) is 4.79 Å². The zero-order chi connectivity index (χ0) is 23.9. The van der Waals surface area contributed by atoms with E-state index in [-0.39, 0.29) is 16.4 Å². The summed E-state index contributed by atoms with van der Waals surface area (Å²) in [5, 5.41) is 3.91. The first kappa shape index (κ1) is 22.8. The summed E-state index contributed by atoms with van der Waals surface area (Å²) in [6, 6.07) is 22.2. The average Bonchev–Trinajstić information content (AvgIpc) is 2.95. The van der Waals surface area contributed by atoms with Crippen LogP contribution in [0, 0.1) is 5.41 Å². The smallest absolute Gasteiger partial charge is 0.343 e. The van der Waals surface area contributed by atoms with Crippen LogP contribution in [0.25, 0.3) is 0 Å². The average molecular weight is 490 g/mol. The Labute approximate surface area is 208 Å². The van der Waals surface area contributed by atoms with Crippen LogP contribution in [0.5, 0.6) is 5.75 Å². The maximum atomic E-state index is 13.4. The van der Waals surface area contributed by atoms with E-state index in [1.54, 1.807) is 42.1 Å². The van der Waals surface area contributed by atoms with Gasteiger partial charge in [0.15, 0.2) is 5.78 Å². The molecule has 1 atom stereocenters. The van der Waals surface area contributed by atoms with Crippen LogP contribution in [0.4, 0.5) is 5.69 Å². The summed E-state index contributed by atoms with van der Waals surface area (Å²) in [5.41, 5.74) is 4.04. The number of benzene rings is 3. The van der Waals surface area contributed by atoms with E-state index < -0.39 is 5.97 Å². The molecule has 0 radical (unpaired) electrons. The van der Waals surface area contributed by atoms with Crippen molar-refractivity contribution in [2.75, 3.05) is 5.32 Å². The molecule has 6 heteroatoms. The van der Waals surface area contributed by atoms with E-state index in [1.165, 1.54) is 0 Å². The summed E-state index contributed by atoms with van der Waals surface area (Å²) in [7, 11) is 0. The number of allylic oxidation sites excluding steroid dienone is 1. The van der Waals surface area contributed by atoms with E-state index in [4.69, 9.17) is 16.3 Å². The van der Waals surface area contributed by atoms with Gasteiger partial charge in [-0.05, 0) is 65.9 Å². The van der Waals surface area contributed by atoms with Crippen LogP contribution < -0.4 is 10.1 Å². The SMILES string of the molecule is CC1(C)CC(=O)C2=C(C1)Nc1ccccc1S[C@H]2c1cccc(OC(=O)c2ccc(Cl)cc2)c1. The van der Waals surface area contributed by atoms with E-state index in [2.05, 4.69) is 25.2 Å². The first-order chi connectivity index (χ1) is 16.3. The molecule has 172 valence electrons. The lowest BCUT2D eigenvalue weighted by Crippen LogP contribution is -2.29. The first-order valence-electron chi connectivity index (χ1n) is 11.2. The first-order valence-corrected chi connectivity index (χ1v) is 12.4. The summed E-state index contributed by atoms with van der Waals surface area (Å²) in [5.74, 6) is 0.145. The highest BCUT2D eigenvalue weighted by atomic mass is 35.5. The van der Waals surface area contributed by atoms with Gasteiger partial charge in [0, 0.05) is 27.6 Å². The number of hydrogen-bond donors (Lipinski definition) is 1. The molecule has 34 heavy (non-hydrogen) atoms. The number of esters is 1. The van der Waals surface area contributed by atoms with E-state index >= 15 is 0 Å². The molecule has 0 amide bonds. The van der Waals surface area contributed by atoms with E-state index in [1.807, 2.05) is 36.4 Å². The lowest BCUT2D eigenvalue weighted by Gasteiger charge is -2.34. The van der Waals surface area contributed by atoms with Gasteiger partial charge in [0.2, 0.25) is 0 Å². The number of fused-ring (bicyclic) bond motifs is 1. The molecule has 0 fully saturated rings. The number of para-hydroxylation sites is 1. The third-order valence-electron chi connectivity index (χ3n) is 6.05. The standard InChI is InChI=1S/C28H24ClNO3S/c1-28(2)15-22-25(23(31)16-28)26(34-24-9-4-3-8-21(24)30-22)18-6-5-7-20(14-18)33-27(32)17-10-12-19(29)13-11-17/h3-14,26,30H,15-16H2,1-2H3/t26-/m0/s1. The van der Waals surface area contributed by atoms with Gasteiger partial charge in [-0.3, -0.25) is 4.79 Å². The Bertz CT molecular complexity index is 1310.